The third-order valence-corrected chi connectivity index (χ3v) is 1.11. The van der Waals surface area contributed by atoms with Crippen LogP contribution in [0.4, 0.5) is 0 Å². The number of ether oxygens (including phenoxy) is 1. The summed E-state index contributed by atoms with van der Waals surface area (Å²) < 4.78 is 4.98. The van der Waals surface area contributed by atoms with Crippen LogP contribution in [0.15, 0.2) is 0 Å². The second kappa shape index (κ2) is 2.79. The van der Waals surface area contributed by atoms with Crippen molar-refractivity contribution < 1.29 is 9.53 Å². The van der Waals surface area contributed by atoms with Crippen LogP contribution in [-0.2, 0) is 9.53 Å². The van der Waals surface area contributed by atoms with E-state index in [-0.39, 0.29) is 6.04 Å². The molecule has 3 nitrogen and oxygen atoms in total. The van der Waals surface area contributed by atoms with Crippen molar-refractivity contribution in [3.8, 4) is 0 Å². The molecular formula is C5H9NO2. The molecule has 1 rings (SSSR count). The highest BCUT2D eigenvalue weighted by atomic mass is 16.5. The zero-order chi connectivity index (χ0) is 5.82. The summed E-state index contributed by atoms with van der Waals surface area (Å²) in [6, 6.07) is -0.0660. The van der Waals surface area contributed by atoms with Gasteiger partial charge in [0, 0.05) is 6.54 Å². The van der Waals surface area contributed by atoms with Gasteiger partial charge in [0.2, 0.25) is 0 Å². The van der Waals surface area contributed by atoms with E-state index in [1.54, 1.807) is 0 Å². The lowest BCUT2D eigenvalue weighted by molar-refractivity contribution is -0.112. The summed E-state index contributed by atoms with van der Waals surface area (Å²) in [6.07, 6.45) is 0.874. The molecule has 0 aromatic carbocycles. The minimum absolute atomic E-state index is 0.0660. The molecule has 8 heavy (non-hydrogen) atoms. The third-order valence-electron chi connectivity index (χ3n) is 1.11. The zero-order valence-corrected chi connectivity index (χ0v) is 4.59. The normalized spacial score (nSPS) is 29.8. The third kappa shape index (κ3) is 1.28. The zero-order valence-electron chi connectivity index (χ0n) is 4.59. The van der Waals surface area contributed by atoms with Crippen molar-refractivity contribution >= 4 is 6.29 Å². The Hall–Kier alpha value is -0.410. The van der Waals surface area contributed by atoms with E-state index < -0.39 is 0 Å². The molecular weight excluding hydrogens is 106 g/mol. The van der Waals surface area contributed by atoms with Crippen molar-refractivity contribution in [1.29, 1.82) is 0 Å². The maximum absolute atomic E-state index is 10.0. The highest BCUT2D eigenvalue weighted by molar-refractivity contribution is 5.57. The maximum Gasteiger partial charge on any atom is 0.139 e. The molecule has 1 fully saturated rings. The number of nitrogens with one attached hydrogen (secondary N) is 1. The van der Waals surface area contributed by atoms with Crippen LogP contribution in [0.25, 0.3) is 0 Å². The van der Waals surface area contributed by atoms with Crippen LogP contribution in [0.2, 0.25) is 0 Å². The Morgan fingerprint density at radius 1 is 1.75 bits per heavy atom. The van der Waals surface area contributed by atoms with Gasteiger partial charge in [-0.2, -0.15) is 0 Å². The molecule has 46 valence electrons. The van der Waals surface area contributed by atoms with Crippen LogP contribution in [0.5, 0.6) is 0 Å². The van der Waals surface area contributed by atoms with Gasteiger partial charge < -0.3 is 14.8 Å². The predicted molar refractivity (Wildman–Crippen MR) is 28.7 cm³/mol. The first-order valence-electron chi connectivity index (χ1n) is 2.70. The van der Waals surface area contributed by atoms with Crippen LogP contribution < -0.4 is 5.32 Å². The summed E-state index contributed by atoms with van der Waals surface area (Å²) in [4.78, 5) is 10.0. The summed E-state index contributed by atoms with van der Waals surface area (Å²) in [5.74, 6) is 0. The Labute approximate surface area is 48.0 Å². The number of rotatable bonds is 1. The summed E-state index contributed by atoms with van der Waals surface area (Å²) in [6.45, 7) is 2.05. The first-order chi connectivity index (χ1) is 3.93. The summed E-state index contributed by atoms with van der Waals surface area (Å²) in [5.41, 5.74) is 0. The fraction of sp³-hybridized carbons (Fsp3) is 0.800. The van der Waals surface area contributed by atoms with E-state index in [2.05, 4.69) is 5.32 Å². The Morgan fingerprint density at radius 3 is 3.00 bits per heavy atom. The van der Waals surface area contributed by atoms with E-state index in [0.29, 0.717) is 6.61 Å². The van der Waals surface area contributed by atoms with E-state index >= 15 is 0 Å². The molecule has 0 aliphatic carbocycles. The van der Waals surface area contributed by atoms with Crippen LogP contribution in [-0.4, -0.2) is 32.1 Å². The summed E-state index contributed by atoms with van der Waals surface area (Å²) in [7, 11) is 0. The lowest BCUT2D eigenvalue weighted by Crippen LogP contribution is -2.42. The van der Waals surface area contributed by atoms with Gasteiger partial charge in [0.15, 0.2) is 0 Å². The van der Waals surface area contributed by atoms with Crippen LogP contribution in [0.3, 0.4) is 0 Å². The Bertz CT molecular complexity index is 78.5. The minimum Gasteiger partial charge on any atom is -0.378 e. The molecule has 1 atom stereocenters. The average molecular weight is 115 g/mol. The van der Waals surface area contributed by atoms with Crippen molar-refractivity contribution in [3.63, 3.8) is 0 Å². The first kappa shape index (κ1) is 5.72. The van der Waals surface area contributed by atoms with Crippen LogP contribution >= 0.6 is 0 Å². The van der Waals surface area contributed by atoms with Gasteiger partial charge in [-0.3, -0.25) is 0 Å². The van der Waals surface area contributed by atoms with Gasteiger partial charge in [-0.25, -0.2) is 0 Å². The molecule has 3 heteroatoms. The van der Waals surface area contributed by atoms with Gasteiger partial charge in [0.25, 0.3) is 0 Å². The van der Waals surface area contributed by atoms with Crippen molar-refractivity contribution in [2.75, 3.05) is 19.8 Å². The van der Waals surface area contributed by atoms with Gasteiger partial charge in [0.05, 0.1) is 19.3 Å². The molecule has 0 radical (unpaired) electrons. The van der Waals surface area contributed by atoms with E-state index in [4.69, 9.17) is 4.74 Å². The molecule has 0 saturated carbocycles. The predicted octanol–water partition coefficient (Wildman–Crippen LogP) is -0.826. The molecule has 1 aliphatic rings. The highest BCUT2D eigenvalue weighted by Gasteiger charge is 2.09. The number of morpholine rings is 1. The minimum atomic E-state index is -0.0660. The molecule has 0 amide bonds. The van der Waals surface area contributed by atoms with Gasteiger partial charge in [-0.15, -0.1) is 0 Å². The summed E-state index contributed by atoms with van der Waals surface area (Å²) >= 11 is 0. The molecule has 1 heterocycles. The number of carbonyl (C=O) groups is 1. The molecule has 1 N–H and O–H groups in total. The number of carbonyl (C=O) groups excluding carboxylic acids is 1. The Balaban J connectivity index is 2.22. The SMILES string of the molecule is O=C[C@@H]1COCCN1. The number of hydrogen-bond donors (Lipinski definition) is 1. The lowest BCUT2D eigenvalue weighted by atomic mass is 10.3. The molecule has 0 bridgehead atoms. The molecule has 1 aliphatic heterocycles. The van der Waals surface area contributed by atoms with Gasteiger partial charge in [0.1, 0.15) is 6.29 Å². The molecule has 0 aromatic heterocycles. The van der Waals surface area contributed by atoms with Crippen molar-refractivity contribution in [3.05, 3.63) is 0 Å². The fourth-order valence-corrected chi connectivity index (χ4v) is 0.673. The molecule has 1 saturated heterocycles. The Kier molecular flexibility index (Phi) is 2.00. The fourth-order valence-electron chi connectivity index (χ4n) is 0.673. The van der Waals surface area contributed by atoms with Crippen LogP contribution in [0.1, 0.15) is 0 Å². The molecule has 0 aromatic rings. The van der Waals surface area contributed by atoms with Crippen molar-refractivity contribution in [2.24, 2.45) is 0 Å². The molecule has 0 unspecified atom stereocenters. The lowest BCUT2D eigenvalue weighted by Gasteiger charge is -2.17. The quantitative estimate of drug-likeness (QED) is 0.453. The van der Waals surface area contributed by atoms with E-state index in [0.717, 1.165) is 19.4 Å². The number of hydrogen-bond acceptors (Lipinski definition) is 3. The van der Waals surface area contributed by atoms with Crippen LogP contribution in [0, 0.1) is 0 Å². The smallest absolute Gasteiger partial charge is 0.139 e. The van der Waals surface area contributed by atoms with Gasteiger partial charge in [-0.05, 0) is 0 Å². The van der Waals surface area contributed by atoms with Crippen molar-refractivity contribution in [1.82, 2.24) is 5.32 Å². The van der Waals surface area contributed by atoms with Gasteiger partial charge >= 0.3 is 0 Å². The second-order valence-corrected chi connectivity index (χ2v) is 1.77. The monoisotopic (exact) mass is 115 g/mol. The van der Waals surface area contributed by atoms with E-state index in [1.165, 1.54) is 0 Å². The van der Waals surface area contributed by atoms with Crippen molar-refractivity contribution in [2.45, 2.75) is 6.04 Å². The highest BCUT2D eigenvalue weighted by Crippen LogP contribution is 1.87. The Morgan fingerprint density at radius 2 is 2.62 bits per heavy atom. The second-order valence-electron chi connectivity index (χ2n) is 1.77. The largest absolute Gasteiger partial charge is 0.378 e. The van der Waals surface area contributed by atoms with E-state index in [1.807, 2.05) is 0 Å². The molecule has 0 spiro atoms. The topological polar surface area (TPSA) is 38.3 Å². The maximum atomic E-state index is 10.0. The summed E-state index contributed by atoms with van der Waals surface area (Å²) in [5, 5.41) is 2.98. The first-order valence-corrected chi connectivity index (χ1v) is 2.70. The standard InChI is InChI=1S/C5H9NO2/c7-3-5-4-8-2-1-6-5/h3,5-6H,1-2,4H2/t5-/m1/s1. The average Bonchev–Trinajstić information content (AvgIpc) is 1.90. The number of aldehydes is 1. The van der Waals surface area contributed by atoms with E-state index in [9.17, 15) is 4.79 Å². The van der Waals surface area contributed by atoms with Gasteiger partial charge in [-0.1, -0.05) is 0 Å².